The summed E-state index contributed by atoms with van der Waals surface area (Å²) in [7, 11) is 1.60. The van der Waals surface area contributed by atoms with E-state index in [1.807, 2.05) is 48.6 Å². The van der Waals surface area contributed by atoms with Crippen LogP contribution < -0.4 is 5.32 Å². The van der Waals surface area contributed by atoms with E-state index in [1.54, 1.807) is 13.2 Å². The molecule has 1 saturated carbocycles. The number of allylic oxidation sites excluding steroid dienone is 4. The second kappa shape index (κ2) is 11.4. The average Bonchev–Trinajstić information content (AvgIpc) is 3.02. The Bertz CT molecular complexity index is 804. The van der Waals surface area contributed by atoms with Crippen LogP contribution in [0.4, 0.5) is 0 Å². The molecule has 1 aromatic carbocycles. The molecule has 5 nitrogen and oxygen atoms in total. The summed E-state index contributed by atoms with van der Waals surface area (Å²) in [5, 5.41) is 2.91. The highest BCUT2D eigenvalue weighted by molar-refractivity contribution is 5.86. The zero-order chi connectivity index (χ0) is 21.2. The fourth-order valence-electron chi connectivity index (χ4n) is 3.95. The zero-order valence-corrected chi connectivity index (χ0v) is 17.6. The van der Waals surface area contributed by atoms with E-state index in [0.29, 0.717) is 30.1 Å². The lowest BCUT2D eigenvalue weighted by molar-refractivity contribution is -0.156. The fourth-order valence-corrected chi connectivity index (χ4v) is 3.95. The van der Waals surface area contributed by atoms with Crippen molar-refractivity contribution in [1.29, 1.82) is 0 Å². The number of rotatable bonds is 8. The van der Waals surface area contributed by atoms with Gasteiger partial charge < -0.3 is 14.8 Å². The van der Waals surface area contributed by atoms with Crippen molar-refractivity contribution in [3.8, 4) is 0 Å². The maximum Gasteiger partial charge on any atom is 0.306 e. The topological polar surface area (TPSA) is 64.6 Å². The predicted octanol–water partition coefficient (Wildman–Crippen LogP) is 5.12. The van der Waals surface area contributed by atoms with Crippen molar-refractivity contribution >= 4 is 11.9 Å². The molecule has 160 valence electrons. The van der Waals surface area contributed by atoms with E-state index >= 15 is 0 Å². The number of carbonyl (C=O) groups excluding carboxylic acids is 2. The summed E-state index contributed by atoms with van der Waals surface area (Å²) in [5.41, 5.74) is 1.39. The molecule has 30 heavy (non-hydrogen) atoms. The first kappa shape index (κ1) is 21.9. The lowest BCUT2D eigenvalue weighted by Crippen LogP contribution is -2.31. The van der Waals surface area contributed by atoms with Crippen LogP contribution in [0.2, 0.25) is 0 Å². The molecule has 0 spiro atoms. The number of amides is 1. The standard InChI is InChI=1S/C25H31NO4/c1-29-22-14-8-13-21(16-17-22)26-25(28)24(20-11-6-3-7-12-20)30-23(27)18-15-19-9-4-2-5-10-19/h3,6-8,11-12,14,16-17,19,24H,2,4-5,9-10,13,15,18H2,1H3,(H,26,28). The first-order chi connectivity index (χ1) is 14.7. The largest absolute Gasteiger partial charge is 0.497 e. The summed E-state index contributed by atoms with van der Waals surface area (Å²) in [4.78, 5) is 25.6. The summed E-state index contributed by atoms with van der Waals surface area (Å²) < 4.78 is 10.9. The SMILES string of the molecule is COC1=CC=C(NC(=O)C(OC(=O)CCC2CCCCC2)c2ccccc2)CC=C1. The molecule has 0 aromatic heterocycles. The van der Waals surface area contributed by atoms with Crippen molar-refractivity contribution in [2.75, 3.05) is 7.11 Å². The molecule has 5 heteroatoms. The molecule has 1 amide bonds. The van der Waals surface area contributed by atoms with Crippen LogP contribution in [0.3, 0.4) is 0 Å². The Kier molecular flexibility index (Phi) is 8.30. The number of hydrogen-bond acceptors (Lipinski definition) is 4. The van der Waals surface area contributed by atoms with E-state index in [2.05, 4.69) is 5.32 Å². The van der Waals surface area contributed by atoms with Crippen molar-refractivity contribution < 1.29 is 19.1 Å². The summed E-state index contributed by atoms with van der Waals surface area (Å²) >= 11 is 0. The molecule has 2 aliphatic carbocycles. The molecular formula is C25H31NO4. The minimum Gasteiger partial charge on any atom is -0.497 e. The van der Waals surface area contributed by atoms with E-state index < -0.39 is 6.10 Å². The van der Waals surface area contributed by atoms with E-state index in [-0.39, 0.29) is 11.9 Å². The van der Waals surface area contributed by atoms with E-state index in [4.69, 9.17) is 9.47 Å². The van der Waals surface area contributed by atoms with Crippen LogP contribution in [-0.2, 0) is 19.1 Å². The molecule has 1 N–H and O–H groups in total. The number of carbonyl (C=O) groups is 2. The van der Waals surface area contributed by atoms with E-state index in [9.17, 15) is 9.59 Å². The van der Waals surface area contributed by atoms with Crippen LogP contribution in [0.25, 0.3) is 0 Å². The van der Waals surface area contributed by atoms with Gasteiger partial charge in [-0.25, -0.2) is 0 Å². The molecule has 0 heterocycles. The number of hydrogen-bond donors (Lipinski definition) is 1. The molecule has 1 unspecified atom stereocenters. The Morgan fingerprint density at radius 3 is 2.60 bits per heavy atom. The number of esters is 1. The Morgan fingerprint density at radius 1 is 1.10 bits per heavy atom. The maximum absolute atomic E-state index is 13.0. The number of nitrogens with one attached hydrogen (secondary N) is 1. The number of benzene rings is 1. The smallest absolute Gasteiger partial charge is 0.306 e. The highest BCUT2D eigenvalue weighted by atomic mass is 16.5. The zero-order valence-electron chi connectivity index (χ0n) is 17.6. The van der Waals surface area contributed by atoms with Gasteiger partial charge in [0.2, 0.25) is 6.10 Å². The van der Waals surface area contributed by atoms with Crippen LogP contribution in [0.15, 0.2) is 66.1 Å². The second-order valence-corrected chi connectivity index (χ2v) is 7.88. The lowest BCUT2D eigenvalue weighted by atomic mass is 9.86. The summed E-state index contributed by atoms with van der Waals surface area (Å²) in [6.45, 7) is 0. The van der Waals surface area contributed by atoms with Gasteiger partial charge in [0.05, 0.1) is 7.11 Å². The van der Waals surface area contributed by atoms with E-state index in [0.717, 1.165) is 12.1 Å². The van der Waals surface area contributed by atoms with E-state index in [1.165, 1.54) is 32.1 Å². The van der Waals surface area contributed by atoms with Gasteiger partial charge in [0.15, 0.2) is 0 Å². The van der Waals surface area contributed by atoms with Crippen molar-refractivity contribution in [1.82, 2.24) is 5.32 Å². The van der Waals surface area contributed by atoms with Crippen molar-refractivity contribution in [2.24, 2.45) is 5.92 Å². The average molecular weight is 410 g/mol. The summed E-state index contributed by atoms with van der Waals surface area (Å²) in [6, 6.07) is 9.17. The minimum atomic E-state index is -0.968. The highest BCUT2D eigenvalue weighted by Crippen LogP contribution is 2.28. The highest BCUT2D eigenvalue weighted by Gasteiger charge is 2.26. The van der Waals surface area contributed by atoms with Gasteiger partial charge in [-0.2, -0.15) is 0 Å². The number of methoxy groups -OCH3 is 1. The van der Waals surface area contributed by atoms with Gasteiger partial charge in [0.1, 0.15) is 5.76 Å². The van der Waals surface area contributed by atoms with Gasteiger partial charge in [-0.3, -0.25) is 9.59 Å². The second-order valence-electron chi connectivity index (χ2n) is 7.88. The third-order valence-corrected chi connectivity index (χ3v) is 5.66. The predicted molar refractivity (Wildman–Crippen MR) is 116 cm³/mol. The van der Waals surface area contributed by atoms with Gasteiger partial charge in [-0.05, 0) is 30.6 Å². The van der Waals surface area contributed by atoms with Crippen molar-refractivity contribution in [3.05, 3.63) is 71.7 Å². The van der Waals surface area contributed by atoms with Crippen LogP contribution in [0.5, 0.6) is 0 Å². The molecule has 0 radical (unpaired) electrons. The third-order valence-electron chi connectivity index (χ3n) is 5.66. The van der Waals surface area contributed by atoms with Crippen molar-refractivity contribution in [3.63, 3.8) is 0 Å². The normalized spacial score (nSPS) is 17.9. The third kappa shape index (κ3) is 6.61. The molecule has 1 fully saturated rings. The molecule has 1 atom stereocenters. The Balaban J connectivity index is 1.64. The van der Waals surface area contributed by atoms with Gasteiger partial charge in [-0.1, -0.05) is 68.5 Å². The molecule has 0 bridgehead atoms. The summed E-state index contributed by atoms with van der Waals surface area (Å²) in [6.07, 6.45) is 14.3. The Labute approximate surface area is 178 Å². The first-order valence-corrected chi connectivity index (χ1v) is 10.8. The van der Waals surface area contributed by atoms with Gasteiger partial charge in [0.25, 0.3) is 5.91 Å². The van der Waals surface area contributed by atoms with Gasteiger partial charge >= 0.3 is 5.97 Å². The number of ether oxygens (including phenoxy) is 2. The monoisotopic (exact) mass is 409 g/mol. The fraction of sp³-hybridized carbons (Fsp3) is 0.440. The van der Waals surface area contributed by atoms with Crippen LogP contribution in [0.1, 0.15) is 63.0 Å². The molecular weight excluding hydrogens is 378 g/mol. The van der Waals surface area contributed by atoms with Crippen LogP contribution >= 0.6 is 0 Å². The first-order valence-electron chi connectivity index (χ1n) is 10.8. The molecule has 2 aliphatic rings. The van der Waals surface area contributed by atoms with Gasteiger partial charge in [0, 0.05) is 24.1 Å². The van der Waals surface area contributed by atoms with Crippen molar-refractivity contribution in [2.45, 2.75) is 57.5 Å². The lowest BCUT2D eigenvalue weighted by Gasteiger charge is -2.22. The quantitative estimate of drug-likeness (QED) is 0.605. The Morgan fingerprint density at radius 2 is 1.87 bits per heavy atom. The molecule has 1 aromatic rings. The molecule has 0 saturated heterocycles. The maximum atomic E-state index is 13.0. The van der Waals surface area contributed by atoms with Gasteiger partial charge in [-0.15, -0.1) is 0 Å². The summed E-state index contributed by atoms with van der Waals surface area (Å²) in [5.74, 6) is 0.648. The minimum absolute atomic E-state index is 0.319. The van der Waals surface area contributed by atoms with Crippen LogP contribution in [0, 0.1) is 5.92 Å². The molecule has 0 aliphatic heterocycles. The molecule has 3 rings (SSSR count). The van der Waals surface area contributed by atoms with Crippen LogP contribution in [-0.4, -0.2) is 19.0 Å². The Hall–Kier alpha value is -2.82.